The Morgan fingerprint density at radius 2 is 2.43 bits per heavy atom. The Hall–Kier alpha value is -0.970. The molecule has 14 heavy (non-hydrogen) atoms. The van der Waals surface area contributed by atoms with E-state index < -0.39 is 6.10 Å². The van der Waals surface area contributed by atoms with Crippen molar-refractivity contribution in [3.8, 4) is 0 Å². The first kappa shape index (κ1) is 11.1. The van der Waals surface area contributed by atoms with Gasteiger partial charge in [-0.1, -0.05) is 6.07 Å². The SMILES string of the molecule is CN([O-])CCCC(O)c1cccnc1. The number of aliphatic hydroxyl groups excluding tert-OH is 1. The molecule has 0 aromatic carbocycles. The highest BCUT2D eigenvalue weighted by atomic mass is 16.5. The Morgan fingerprint density at radius 1 is 1.64 bits per heavy atom. The summed E-state index contributed by atoms with van der Waals surface area (Å²) in [6.45, 7) is 0.456. The zero-order valence-electron chi connectivity index (χ0n) is 8.26. The third-order valence-electron chi connectivity index (χ3n) is 2.02. The van der Waals surface area contributed by atoms with Crippen LogP contribution in [0.25, 0.3) is 0 Å². The van der Waals surface area contributed by atoms with E-state index in [2.05, 4.69) is 4.98 Å². The first-order valence-corrected chi connectivity index (χ1v) is 4.66. The zero-order valence-corrected chi connectivity index (χ0v) is 8.26. The van der Waals surface area contributed by atoms with Gasteiger partial charge in [0.05, 0.1) is 6.10 Å². The minimum absolute atomic E-state index is 0.456. The summed E-state index contributed by atoms with van der Waals surface area (Å²) in [6.07, 6.45) is 4.09. The fraction of sp³-hybridized carbons (Fsp3) is 0.500. The number of hydrogen-bond acceptors (Lipinski definition) is 4. The summed E-state index contributed by atoms with van der Waals surface area (Å²) in [5.41, 5.74) is 0.807. The summed E-state index contributed by atoms with van der Waals surface area (Å²) >= 11 is 0. The van der Waals surface area contributed by atoms with Crippen molar-refractivity contribution >= 4 is 0 Å². The van der Waals surface area contributed by atoms with Crippen molar-refractivity contribution in [3.05, 3.63) is 35.3 Å². The van der Waals surface area contributed by atoms with Crippen LogP contribution in [0.3, 0.4) is 0 Å². The van der Waals surface area contributed by atoms with Crippen LogP contribution < -0.4 is 0 Å². The van der Waals surface area contributed by atoms with Crippen LogP contribution in [0.2, 0.25) is 0 Å². The van der Waals surface area contributed by atoms with Gasteiger partial charge in [0.1, 0.15) is 0 Å². The van der Waals surface area contributed by atoms with Crippen molar-refractivity contribution in [2.45, 2.75) is 18.9 Å². The molecule has 0 aliphatic rings. The maximum absolute atomic E-state index is 10.6. The smallest absolute Gasteiger partial charge is 0.0805 e. The summed E-state index contributed by atoms with van der Waals surface area (Å²) in [6, 6.07) is 3.62. The molecule has 0 amide bonds. The van der Waals surface area contributed by atoms with Gasteiger partial charge < -0.3 is 15.4 Å². The van der Waals surface area contributed by atoms with Crippen molar-refractivity contribution in [2.24, 2.45) is 0 Å². The molecule has 1 rings (SSSR count). The number of aliphatic hydroxyl groups is 1. The van der Waals surface area contributed by atoms with Crippen LogP contribution in [0.4, 0.5) is 0 Å². The van der Waals surface area contributed by atoms with E-state index in [9.17, 15) is 10.3 Å². The summed E-state index contributed by atoms with van der Waals surface area (Å²) < 4.78 is 0. The summed E-state index contributed by atoms with van der Waals surface area (Å²) in [5, 5.41) is 21.1. The molecule has 1 atom stereocenters. The maximum atomic E-state index is 10.6. The van der Waals surface area contributed by atoms with Gasteiger partial charge in [0.2, 0.25) is 0 Å². The average Bonchev–Trinajstić information content (AvgIpc) is 2.18. The number of hydrogen-bond donors (Lipinski definition) is 1. The van der Waals surface area contributed by atoms with Gasteiger partial charge in [0, 0.05) is 12.4 Å². The van der Waals surface area contributed by atoms with Crippen molar-refractivity contribution in [1.29, 1.82) is 0 Å². The Bertz CT molecular complexity index is 252. The summed E-state index contributed by atoms with van der Waals surface area (Å²) in [4.78, 5) is 3.92. The van der Waals surface area contributed by atoms with Crippen LogP contribution in [-0.2, 0) is 0 Å². The third-order valence-corrected chi connectivity index (χ3v) is 2.02. The number of pyridine rings is 1. The molecule has 0 bridgehead atoms. The summed E-state index contributed by atoms with van der Waals surface area (Å²) in [7, 11) is 1.48. The second kappa shape index (κ2) is 5.70. The highest BCUT2D eigenvalue weighted by molar-refractivity contribution is 5.11. The van der Waals surface area contributed by atoms with E-state index in [1.165, 1.54) is 7.05 Å². The van der Waals surface area contributed by atoms with Gasteiger partial charge in [-0.25, -0.2) is 0 Å². The van der Waals surface area contributed by atoms with Crippen LogP contribution in [0, 0.1) is 5.21 Å². The lowest BCUT2D eigenvalue weighted by Crippen LogP contribution is -2.11. The molecular formula is C10H15N2O2-. The van der Waals surface area contributed by atoms with E-state index >= 15 is 0 Å². The Morgan fingerprint density at radius 3 is 3.00 bits per heavy atom. The molecule has 0 fully saturated rings. The van der Waals surface area contributed by atoms with Gasteiger partial charge in [0.15, 0.2) is 0 Å². The quantitative estimate of drug-likeness (QED) is 0.720. The van der Waals surface area contributed by atoms with E-state index in [4.69, 9.17) is 0 Å². The largest absolute Gasteiger partial charge is 0.785 e. The third kappa shape index (κ3) is 3.83. The first-order chi connectivity index (χ1) is 6.70. The molecule has 0 saturated heterocycles. The average molecular weight is 195 g/mol. The van der Waals surface area contributed by atoms with Gasteiger partial charge >= 0.3 is 0 Å². The van der Waals surface area contributed by atoms with Gasteiger partial charge in [-0.15, -0.1) is 0 Å². The van der Waals surface area contributed by atoms with Crippen LogP contribution >= 0.6 is 0 Å². The molecule has 0 aliphatic heterocycles. The van der Waals surface area contributed by atoms with Gasteiger partial charge in [0.25, 0.3) is 0 Å². The summed E-state index contributed by atoms with van der Waals surface area (Å²) in [5.74, 6) is 0. The Kier molecular flexibility index (Phi) is 4.52. The highest BCUT2D eigenvalue weighted by Crippen LogP contribution is 2.16. The van der Waals surface area contributed by atoms with Crippen molar-refractivity contribution in [1.82, 2.24) is 10.0 Å². The first-order valence-electron chi connectivity index (χ1n) is 4.66. The minimum atomic E-state index is -0.511. The minimum Gasteiger partial charge on any atom is -0.785 e. The molecule has 78 valence electrons. The second-order valence-corrected chi connectivity index (χ2v) is 3.30. The number of nitrogens with zero attached hydrogens (tertiary/aromatic N) is 2. The molecule has 0 aliphatic carbocycles. The Balaban J connectivity index is 2.32. The second-order valence-electron chi connectivity index (χ2n) is 3.30. The zero-order chi connectivity index (χ0) is 10.4. The van der Waals surface area contributed by atoms with Crippen LogP contribution in [0.5, 0.6) is 0 Å². The molecule has 0 spiro atoms. The van der Waals surface area contributed by atoms with Crippen LogP contribution in [0.15, 0.2) is 24.5 Å². The molecular weight excluding hydrogens is 180 g/mol. The predicted molar refractivity (Wildman–Crippen MR) is 54.4 cm³/mol. The fourth-order valence-corrected chi connectivity index (χ4v) is 1.25. The van der Waals surface area contributed by atoms with Gasteiger partial charge in [-0.3, -0.25) is 4.98 Å². The molecule has 0 saturated carbocycles. The molecule has 4 nitrogen and oxygen atoms in total. The van der Waals surface area contributed by atoms with Crippen molar-refractivity contribution in [2.75, 3.05) is 13.6 Å². The number of rotatable bonds is 5. The molecule has 1 aromatic rings. The van der Waals surface area contributed by atoms with Gasteiger partial charge in [-0.2, -0.15) is 0 Å². The van der Waals surface area contributed by atoms with Crippen LogP contribution in [0.1, 0.15) is 24.5 Å². The number of aromatic nitrogens is 1. The van der Waals surface area contributed by atoms with Gasteiger partial charge in [-0.05, 0) is 38.1 Å². The van der Waals surface area contributed by atoms with Crippen LogP contribution in [-0.4, -0.2) is 28.7 Å². The molecule has 0 radical (unpaired) electrons. The van der Waals surface area contributed by atoms with Crippen molar-refractivity contribution in [3.63, 3.8) is 0 Å². The molecule has 4 heteroatoms. The maximum Gasteiger partial charge on any atom is 0.0805 e. The van der Waals surface area contributed by atoms with E-state index in [1.54, 1.807) is 18.5 Å². The monoisotopic (exact) mass is 195 g/mol. The highest BCUT2D eigenvalue weighted by Gasteiger charge is 2.05. The van der Waals surface area contributed by atoms with E-state index in [0.29, 0.717) is 19.4 Å². The number of hydroxylamine groups is 2. The topological polar surface area (TPSA) is 59.4 Å². The van der Waals surface area contributed by atoms with Crippen molar-refractivity contribution < 1.29 is 5.11 Å². The standard InChI is InChI=1S/C10H15N2O2/c1-12(14)7-3-5-10(13)9-4-2-6-11-8-9/h2,4,6,8,10,13H,3,5,7H2,1H3/q-1. The van der Waals surface area contributed by atoms with E-state index in [0.717, 1.165) is 10.6 Å². The Labute approximate surface area is 83.8 Å². The molecule has 1 heterocycles. The predicted octanol–water partition coefficient (Wildman–Crippen LogP) is 1.32. The molecule has 1 aromatic heterocycles. The van der Waals surface area contributed by atoms with E-state index in [-0.39, 0.29) is 0 Å². The normalized spacial score (nSPS) is 13.1. The lowest BCUT2D eigenvalue weighted by atomic mass is 10.1. The van der Waals surface area contributed by atoms with E-state index in [1.807, 2.05) is 6.07 Å². The molecule has 1 unspecified atom stereocenters. The lowest BCUT2D eigenvalue weighted by molar-refractivity contribution is 0.161. The lowest BCUT2D eigenvalue weighted by Gasteiger charge is -2.22. The molecule has 1 N–H and O–H groups in total. The fourth-order valence-electron chi connectivity index (χ4n) is 1.25.